The molecule has 0 fully saturated rings. The van der Waals surface area contributed by atoms with Gasteiger partial charge in [-0.3, -0.25) is 4.79 Å². The van der Waals surface area contributed by atoms with Crippen LogP contribution < -0.4 is 5.43 Å². The summed E-state index contributed by atoms with van der Waals surface area (Å²) >= 11 is 6.19. The van der Waals surface area contributed by atoms with E-state index < -0.39 is 0 Å². The molecule has 2 rings (SSSR count). The monoisotopic (exact) mass is 249 g/mol. The van der Waals surface area contributed by atoms with Crippen LogP contribution in [0.5, 0.6) is 0 Å². The molecule has 1 N–H and O–H groups in total. The van der Waals surface area contributed by atoms with E-state index >= 15 is 0 Å². The highest BCUT2D eigenvalue weighted by molar-refractivity contribution is 6.32. The second-order valence-electron chi connectivity index (χ2n) is 3.70. The number of nitrogens with zero attached hydrogens (tertiary/aromatic N) is 2. The second kappa shape index (κ2) is 4.59. The smallest absolute Gasteiger partial charge is 0.236 e. The maximum atomic E-state index is 11.0. The van der Waals surface area contributed by atoms with Gasteiger partial charge < -0.3 is 0 Å². The Morgan fingerprint density at radius 1 is 1.35 bits per heavy atom. The second-order valence-corrected chi connectivity index (χ2v) is 4.06. The maximum Gasteiger partial charge on any atom is 0.236 e. The third kappa shape index (κ3) is 2.31. The van der Waals surface area contributed by atoms with E-state index in [1.807, 2.05) is 37.3 Å². The Bertz CT molecular complexity index is 548. The van der Waals surface area contributed by atoms with Gasteiger partial charge in [-0.15, -0.1) is 0 Å². The van der Waals surface area contributed by atoms with Crippen LogP contribution in [0.25, 0.3) is 11.1 Å². The lowest BCUT2D eigenvalue weighted by Crippen LogP contribution is -2.21. The van der Waals surface area contributed by atoms with Gasteiger partial charge in [0, 0.05) is 12.5 Å². The first-order chi connectivity index (χ1) is 8.09. The molecule has 5 heteroatoms. The average Bonchev–Trinajstić information content (AvgIpc) is 2.54. The zero-order valence-electron chi connectivity index (χ0n) is 9.57. The van der Waals surface area contributed by atoms with E-state index in [-0.39, 0.29) is 5.91 Å². The molecule has 0 aliphatic heterocycles. The molecular formula is C12H12ClN3O. The van der Waals surface area contributed by atoms with Gasteiger partial charge in [0.25, 0.3) is 0 Å². The van der Waals surface area contributed by atoms with Crippen LogP contribution >= 0.6 is 11.6 Å². The molecule has 1 aromatic carbocycles. The van der Waals surface area contributed by atoms with Crippen molar-refractivity contribution in [1.82, 2.24) is 9.89 Å². The molecule has 0 atom stereocenters. The van der Waals surface area contributed by atoms with Crippen molar-refractivity contribution < 1.29 is 4.79 Å². The van der Waals surface area contributed by atoms with Crippen molar-refractivity contribution in [3.8, 4) is 11.1 Å². The van der Waals surface area contributed by atoms with Crippen LogP contribution in [-0.4, -0.2) is 15.8 Å². The topological polar surface area (TPSA) is 46.9 Å². The molecule has 17 heavy (non-hydrogen) atoms. The summed E-state index contributed by atoms with van der Waals surface area (Å²) in [6.07, 6.45) is 0. The highest BCUT2D eigenvalue weighted by Crippen LogP contribution is 2.30. The van der Waals surface area contributed by atoms with Crippen LogP contribution in [0, 0.1) is 6.92 Å². The summed E-state index contributed by atoms with van der Waals surface area (Å²) in [6, 6.07) is 9.70. The first-order valence-electron chi connectivity index (χ1n) is 5.17. The quantitative estimate of drug-likeness (QED) is 0.889. The van der Waals surface area contributed by atoms with Crippen LogP contribution in [0.1, 0.15) is 12.6 Å². The molecule has 4 nitrogen and oxygen atoms in total. The molecule has 0 saturated carbocycles. The number of aryl methyl sites for hydroxylation is 1. The molecule has 0 bridgehead atoms. The lowest BCUT2D eigenvalue weighted by Gasteiger charge is -2.03. The van der Waals surface area contributed by atoms with E-state index in [2.05, 4.69) is 10.5 Å². The molecule has 88 valence electrons. The minimum absolute atomic E-state index is 0.214. The van der Waals surface area contributed by atoms with Gasteiger partial charge in [-0.1, -0.05) is 41.9 Å². The Morgan fingerprint density at radius 2 is 2.00 bits per heavy atom. The third-order valence-corrected chi connectivity index (χ3v) is 2.68. The first-order valence-corrected chi connectivity index (χ1v) is 5.55. The number of amides is 1. The van der Waals surface area contributed by atoms with E-state index in [4.69, 9.17) is 11.6 Å². The summed E-state index contributed by atoms with van der Waals surface area (Å²) in [6.45, 7) is 3.27. The number of nitrogens with one attached hydrogen (secondary N) is 1. The van der Waals surface area contributed by atoms with Crippen LogP contribution in [0.3, 0.4) is 0 Å². The van der Waals surface area contributed by atoms with Crippen LogP contribution in [0.15, 0.2) is 30.3 Å². The van der Waals surface area contributed by atoms with Crippen LogP contribution in [0.4, 0.5) is 0 Å². The summed E-state index contributed by atoms with van der Waals surface area (Å²) in [5, 5.41) is 4.59. The summed E-state index contributed by atoms with van der Waals surface area (Å²) < 4.78 is 0. The van der Waals surface area contributed by atoms with Crippen molar-refractivity contribution in [2.45, 2.75) is 13.8 Å². The third-order valence-electron chi connectivity index (χ3n) is 2.33. The number of benzene rings is 1. The number of halogens is 1. The number of rotatable bonds is 2. The van der Waals surface area contributed by atoms with Crippen molar-refractivity contribution in [2.75, 3.05) is 5.43 Å². The van der Waals surface area contributed by atoms with Gasteiger partial charge in [-0.25, -0.2) is 5.43 Å². The highest BCUT2D eigenvalue weighted by Gasteiger charge is 2.15. The summed E-state index contributed by atoms with van der Waals surface area (Å²) in [4.78, 5) is 12.3. The molecule has 1 amide bonds. The van der Waals surface area contributed by atoms with Crippen molar-refractivity contribution in [2.24, 2.45) is 0 Å². The first kappa shape index (κ1) is 11.7. The minimum Gasteiger partial charge on any atom is -0.274 e. The zero-order valence-corrected chi connectivity index (χ0v) is 10.3. The molecule has 0 unspecified atom stereocenters. The number of hydrogen-bond donors (Lipinski definition) is 1. The fraction of sp³-hybridized carbons (Fsp3) is 0.167. The van der Waals surface area contributed by atoms with Crippen molar-refractivity contribution in [3.63, 3.8) is 0 Å². The summed E-state index contributed by atoms with van der Waals surface area (Å²) in [5.74, 6) is -0.214. The Morgan fingerprint density at radius 3 is 2.59 bits per heavy atom. The van der Waals surface area contributed by atoms with Gasteiger partial charge in [0.2, 0.25) is 5.91 Å². The summed E-state index contributed by atoms with van der Waals surface area (Å²) in [7, 11) is 0. The lowest BCUT2D eigenvalue weighted by molar-refractivity contribution is -0.115. The average molecular weight is 250 g/mol. The van der Waals surface area contributed by atoms with E-state index in [1.54, 1.807) is 0 Å². The Hall–Kier alpha value is -1.81. The maximum absolute atomic E-state index is 11.0. The SMILES string of the molecule is CC(=O)Nn1nc(C)c(-c2ccccc2)c1Cl. The Balaban J connectivity index is 2.49. The highest BCUT2D eigenvalue weighted by atomic mass is 35.5. The Labute approximate surface area is 104 Å². The molecule has 0 radical (unpaired) electrons. The molecule has 1 heterocycles. The van der Waals surface area contributed by atoms with E-state index in [0.717, 1.165) is 16.8 Å². The van der Waals surface area contributed by atoms with Crippen molar-refractivity contribution in [1.29, 1.82) is 0 Å². The summed E-state index contributed by atoms with van der Waals surface area (Å²) in [5.41, 5.74) is 5.12. The largest absolute Gasteiger partial charge is 0.274 e. The normalized spacial score (nSPS) is 10.3. The van der Waals surface area contributed by atoms with Crippen LogP contribution in [-0.2, 0) is 4.79 Å². The molecule has 0 aliphatic rings. The van der Waals surface area contributed by atoms with Gasteiger partial charge in [-0.05, 0) is 12.5 Å². The predicted octanol–water partition coefficient (Wildman–Crippen LogP) is 2.60. The standard InChI is InChI=1S/C12H12ClN3O/c1-8-11(10-6-4-3-5-7-10)12(13)16(14-8)15-9(2)17/h3-7H,1-2H3,(H,15,17). The number of aromatic nitrogens is 2. The zero-order chi connectivity index (χ0) is 12.4. The molecule has 0 spiro atoms. The fourth-order valence-electron chi connectivity index (χ4n) is 1.66. The van der Waals surface area contributed by atoms with Crippen molar-refractivity contribution >= 4 is 17.5 Å². The number of hydrogen-bond acceptors (Lipinski definition) is 2. The van der Waals surface area contributed by atoms with E-state index in [1.165, 1.54) is 11.7 Å². The van der Waals surface area contributed by atoms with Gasteiger partial charge >= 0.3 is 0 Å². The number of carbonyl (C=O) groups is 1. The van der Waals surface area contributed by atoms with Crippen LogP contribution in [0.2, 0.25) is 5.15 Å². The van der Waals surface area contributed by atoms with E-state index in [9.17, 15) is 4.79 Å². The number of carbonyl (C=O) groups excluding carboxylic acids is 1. The van der Waals surface area contributed by atoms with Gasteiger partial charge in [0.05, 0.1) is 5.69 Å². The fourth-order valence-corrected chi connectivity index (χ4v) is 1.98. The molecule has 2 aromatic rings. The van der Waals surface area contributed by atoms with Gasteiger partial charge in [0.15, 0.2) is 5.15 Å². The molecule has 0 saturated heterocycles. The van der Waals surface area contributed by atoms with Crippen molar-refractivity contribution in [3.05, 3.63) is 41.2 Å². The lowest BCUT2D eigenvalue weighted by atomic mass is 10.1. The van der Waals surface area contributed by atoms with E-state index in [0.29, 0.717) is 5.15 Å². The molecule has 1 aromatic heterocycles. The molecular weight excluding hydrogens is 238 g/mol. The minimum atomic E-state index is -0.214. The predicted molar refractivity (Wildman–Crippen MR) is 67.5 cm³/mol. The van der Waals surface area contributed by atoms with Gasteiger partial charge in [0.1, 0.15) is 0 Å². The Kier molecular flexibility index (Phi) is 3.15. The van der Waals surface area contributed by atoms with Gasteiger partial charge in [-0.2, -0.15) is 9.89 Å². The molecule has 0 aliphatic carbocycles.